The smallest absolute Gasteiger partial charge is 0.335 e. The van der Waals surface area contributed by atoms with Crippen molar-refractivity contribution in [2.45, 2.75) is 6.92 Å². The van der Waals surface area contributed by atoms with Crippen molar-refractivity contribution in [2.24, 2.45) is 0 Å². The van der Waals surface area contributed by atoms with E-state index in [1.807, 2.05) is 36.4 Å². The van der Waals surface area contributed by atoms with E-state index in [-0.39, 0.29) is 5.56 Å². The SMILES string of the molecule is Cc1ccccc1-n1c(-c2ccc(Br)cc2)ccc1-c1cccc(C(=O)O)c1. The summed E-state index contributed by atoms with van der Waals surface area (Å²) in [7, 11) is 0. The third kappa shape index (κ3) is 3.39. The molecular weight excluding hydrogens is 414 g/mol. The summed E-state index contributed by atoms with van der Waals surface area (Å²) >= 11 is 3.49. The van der Waals surface area contributed by atoms with Crippen LogP contribution in [-0.4, -0.2) is 15.6 Å². The molecular formula is C24H18BrNO2. The highest BCUT2D eigenvalue weighted by Gasteiger charge is 2.16. The highest BCUT2D eigenvalue weighted by molar-refractivity contribution is 9.10. The van der Waals surface area contributed by atoms with Crippen LogP contribution in [0.1, 0.15) is 15.9 Å². The highest BCUT2D eigenvalue weighted by Crippen LogP contribution is 2.34. The fourth-order valence-electron chi connectivity index (χ4n) is 3.39. The summed E-state index contributed by atoms with van der Waals surface area (Å²) in [6, 6.07) is 27.6. The molecule has 0 unspecified atom stereocenters. The van der Waals surface area contributed by atoms with Crippen LogP contribution in [0.25, 0.3) is 28.2 Å². The normalized spacial score (nSPS) is 10.8. The molecule has 0 fully saturated rings. The van der Waals surface area contributed by atoms with Crippen molar-refractivity contribution in [2.75, 3.05) is 0 Å². The Morgan fingerprint density at radius 3 is 2.18 bits per heavy atom. The van der Waals surface area contributed by atoms with E-state index in [0.717, 1.165) is 38.2 Å². The number of carboxylic acid groups (broad SMARTS) is 1. The van der Waals surface area contributed by atoms with E-state index in [4.69, 9.17) is 0 Å². The molecule has 0 bridgehead atoms. The lowest BCUT2D eigenvalue weighted by atomic mass is 10.1. The standard InChI is InChI=1S/C24H18BrNO2/c1-16-5-2-3-8-21(16)26-22(17-9-11-20(25)12-10-17)13-14-23(26)18-6-4-7-19(15-18)24(27)28/h2-15H,1H3,(H,27,28). The van der Waals surface area contributed by atoms with Crippen LogP contribution in [0.4, 0.5) is 0 Å². The van der Waals surface area contributed by atoms with Gasteiger partial charge >= 0.3 is 5.97 Å². The van der Waals surface area contributed by atoms with Crippen molar-refractivity contribution < 1.29 is 9.90 Å². The summed E-state index contributed by atoms with van der Waals surface area (Å²) in [4.78, 5) is 11.4. The Labute approximate surface area is 172 Å². The summed E-state index contributed by atoms with van der Waals surface area (Å²) in [6.07, 6.45) is 0. The molecule has 28 heavy (non-hydrogen) atoms. The van der Waals surface area contributed by atoms with E-state index in [9.17, 15) is 9.90 Å². The number of hydrogen-bond acceptors (Lipinski definition) is 1. The van der Waals surface area contributed by atoms with Crippen molar-refractivity contribution in [3.05, 3.63) is 101 Å². The maximum atomic E-state index is 11.4. The predicted molar refractivity (Wildman–Crippen MR) is 116 cm³/mol. The summed E-state index contributed by atoms with van der Waals surface area (Å²) in [5.74, 6) is -0.927. The van der Waals surface area contributed by atoms with Crippen LogP contribution in [0, 0.1) is 6.92 Å². The number of nitrogens with zero attached hydrogens (tertiary/aromatic N) is 1. The van der Waals surface area contributed by atoms with Gasteiger partial charge in [-0.2, -0.15) is 0 Å². The number of hydrogen-bond donors (Lipinski definition) is 1. The second kappa shape index (κ2) is 7.49. The minimum absolute atomic E-state index is 0.278. The zero-order chi connectivity index (χ0) is 19.7. The molecule has 3 aromatic carbocycles. The summed E-state index contributed by atoms with van der Waals surface area (Å²) in [6.45, 7) is 2.08. The quantitative estimate of drug-likeness (QED) is 0.396. The zero-order valence-electron chi connectivity index (χ0n) is 15.3. The van der Waals surface area contributed by atoms with Crippen LogP contribution in [0.5, 0.6) is 0 Å². The van der Waals surface area contributed by atoms with Gasteiger partial charge in [0.05, 0.1) is 17.0 Å². The van der Waals surface area contributed by atoms with E-state index >= 15 is 0 Å². The van der Waals surface area contributed by atoms with Gasteiger partial charge in [0.1, 0.15) is 0 Å². The average molecular weight is 432 g/mol. The van der Waals surface area contributed by atoms with E-state index < -0.39 is 5.97 Å². The monoisotopic (exact) mass is 431 g/mol. The molecule has 0 atom stereocenters. The molecule has 4 rings (SSSR count). The second-order valence-corrected chi connectivity index (χ2v) is 7.53. The van der Waals surface area contributed by atoms with Crippen LogP contribution in [0.15, 0.2) is 89.4 Å². The number of aryl methyl sites for hydroxylation is 1. The molecule has 3 nitrogen and oxygen atoms in total. The second-order valence-electron chi connectivity index (χ2n) is 6.62. The Morgan fingerprint density at radius 1 is 0.821 bits per heavy atom. The molecule has 1 N–H and O–H groups in total. The molecule has 4 aromatic rings. The largest absolute Gasteiger partial charge is 0.478 e. The molecule has 0 saturated heterocycles. The number of benzene rings is 3. The van der Waals surface area contributed by atoms with Gasteiger partial charge in [0.15, 0.2) is 0 Å². The van der Waals surface area contributed by atoms with Gasteiger partial charge in [0.2, 0.25) is 0 Å². The molecule has 0 spiro atoms. The molecule has 0 amide bonds. The first-order chi connectivity index (χ1) is 13.5. The van der Waals surface area contributed by atoms with Gasteiger partial charge in [-0.3, -0.25) is 0 Å². The van der Waals surface area contributed by atoms with Gasteiger partial charge < -0.3 is 9.67 Å². The Kier molecular flexibility index (Phi) is 4.88. The van der Waals surface area contributed by atoms with Crippen molar-refractivity contribution in [3.63, 3.8) is 0 Å². The van der Waals surface area contributed by atoms with Crippen LogP contribution in [0.2, 0.25) is 0 Å². The van der Waals surface area contributed by atoms with Crippen LogP contribution in [0.3, 0.4) is 0 Å². The number of rotatable bonds is 4. The van der Waals surface area contributed by atoms with E-state index in [2.05, 4.69) is 57.8 Å². The fraction of sp³-hybridized carbons (Fsp3) is 0.0417. The Balaban J connectivity index is 1.98. The minimum Gasteiger partial charge on any atom is -0.478 e. The van der Waals surface area contributed by atoms with Gasteiger partial charge in [0.25, 0.3) is 0 Å². The van der Waals surface area contributed by atoms with Crippen molar-refractivity contribution in [1.82, 2.24) is 4.57 Å². The lowest BCUT2D eigenvalue weighted by Crippen LogP contribution is -2.02. The maximum Gasteiger partial charge on any atom is 0.335 e. The zero-order valence-corrected chi connectivity index (χ0v) is 16.8. The maximum absolute atomic E-state index is 11.4. The van der Waals surface area contributed by atoms with E-state index in [1.165, 1.54) is 0 Å². The topological polar surface area (TPSA) is 42.2 Å². The summed E-state index contributed by atoms with van der Waals surface area (Å²) < 4.78 is 3.22. The lowest BCUT2D eigenvalue weighted by molar-refractivity contribution is 0.0697. The molecule has 0 aliphatic carbocycles. The summed E-state index contributed by atoms with van der Waals surface area (Å²) in [5.41, 5.74) is 6.46. The number of aromatic nitrogens is 1. The van der Waals surface area contributed by atoms with Crippen LogP contribution < -0.4 is 0 Å². The Morgan fingerprint density at radius 2 is 1.50 bits per heavy atom. The lowest BCUT2D eigenvalue weighted by Gasteiger charge is -2.17. The number of aromatic carboxylic acids is 1. The number of para-hydroxylation sites is 1. The van der Waals surface area contributed by atoms with Gasteiger partial charge in [0, 0.05) is 10.2 Å². The number of carboxylic acids is 1. The van der Waals surface area contributed by atoms with Gasteiger partial charge in [-0.1, -0.05) is 58.4 Å². The van der Waals surface area contributed by atoms with Crippen molar-refractivity contribution in [1.29, 1.82) is 0 Å². The highest BCUT2D eigenvalue weighted by atomic mass is 79.9. The first-order valence-electron chi connectivity index (χ1n) is 8.92. The Bertz CT molecular complexity index is 1160. The molecule has 0 radical (unpaired) electrons. The van der Waals surface area contributed by atoms with Crippen LogP contribution >= 0.6 is 15.9 Å². The van der Waals surface area contributed by atoms with E-state index in [0.29, 0.717) is 0 Å². The molecule has 4 heteroatoms. The van der Waals surface area contributed by atoms with Gasteiger partial charge in [-0.15, -0.1) is 0 Å². The molecule has 1 aromatic heterocycles. The first-order valence-corrected chi connectivity index (χ1v) is 9.71. The van der Waals surface area contributed by atoms with Gasteiger partial charge in [-0.05, 0) is 66.1 Å². The summed E-state index contributed by atoms with van der Waals surface area (Å²) in [5, 5.41) is 9.38. The van der Waals surface area contributed by atoms with Crippen molar-refractivity contribution in [3.8, 4) is 28.2 Å². The molecule has 138 valence electrons. The van der Waals surface area contributed by atoms with E-state index in [1.54, 1.807) is 18.2 Å². The minimum atomic E-state index is -0.927. The van der Waals surface area contributed by atoms with Gasteiger partial charge in [-0.25, -0.2) is 4.79 Å². The molecule has 1 heterocycles. The number of carbonyl (C=O) groups is 1. The molecule has 0 aliphatic rings. The fourth-order valence-corrected chi connectivity index (χ4v) is 3.66. The third-order valence-electron chi connectivity index (χ3n) is 4.78. The molecule has 0 aliphatic heterocycles. The molecule has 0 saturated carbocycles. The third-order valence-corrected chi connectivity index (χ3v) is 5.31. The first kappa shape index (κ1) is 18.3. The van der Waals surface area contributed by atoms with Crippen LogP contribution in [-0.2, 0) is 0 Å². The van der Waals surface area contributed by atoms with Crippen molar-refractivity contribution >= 4 is 21.9 Å². The Hall–Kier alpha value is -3.11. The number of halogens is 1. The average Bonchev–Trinajstić information content (AvgIpc) is 3.14. The predicted octanol–water partition coefficient (Wildman–Crippen LogP) is 6.58.